The van der Waals surface area contributed by atoms with Gasteiger partial charge in [0, 0.05) is 44.3 Å². The Morgan fingerprint density at radius 2 is 1.81 bits per heavy atom. The van der Waals surface area contributed by atoms with Gasteiger partial charge in [-0.2, -0.15) is 5.10 Å². The average Bonchev–Trinajstić information content (AvgIpc) is 3.56. The van der Waals surface area contributed by atoms with Crippen LogP contribution in [0.1, 0.15) is 28.9 Å². The Morgan fingerprint density at radius 3 is 2.52 bits per heavy atom. The second kappa shape index (κ2) is 8.27. The fraction of sp³-hybridized carbons (Fsp3) is 0.360. The SMILES string of the molecule is Cn1nc(-c2ccc(F)cc2)cc1C(=O)N1CCN(C2CC2)CC1Cc1ccccc1. The molecule has 6 heteroatoms. The molecule has 1 aromatic heterocycles. The normalized spacial score (nSPS) is 19.5. The van der Waals surface area contributed by atoms with Crippen molar-refractivity contribution in [3.05, 3.63) is 77.7 Å². The molecule has 1 amide bonds. The molecule has 0 N–H and O–H groups in total. The van der Waals surface area contributed by atoms with Gasteiger partial charge in [0.15, 0.2) is 0 Å². The van der Waals surface area contributed by atoms with Gasteiger partial charge in [0.1, 0.15) is 11.5 Å². The van der Waals surface area contributed by atoms with Gasteiger partial charge in [-0.3, -0.25) is 14.4 Å². The topological polar surface area (TPSA) is 41.4 Å². The Bertz CT molecular complexity index is 1060. The van der Waals surface area contributed by atoms with Crippen LogP contribution < -0.4 is 0 Å². The highest BCUT2D eigenvalue weighted by atomic mass is 19.1. The Kier molecular flexibility index (Phi) is 5.32. The molecule has 160 valence electrons. The van der Waals surface area contributed by atoms with E-state index in [0.717, 1.165) is 31.6 Å². The molecule has 1 saturated heterocycles. The minimum atomic E-state index is -0.284. The lowest BCUT2D eigenvalue weighted by Gasteiger charge is -2.41. The van der Waals surface area contributed by atoms with E-state index in [9.17, 15) is 9.18 Å². The number of piperazine rings is 1. The van der Waals surface area contributed by atoms with E-state index in [0.29, 0.717) is 17.4 Å². The molecular weight excluding hydrogens is 391 g/mol. The van der Waals surface area contributed by atoms with Crippen LogP contribution in [-0.2, 0) is 13.5 Å². The van der Waals surface area contributed by atoms with E-state index < -0.39 is 0 Å². The van der Waals surface area contributed by atoms with Crippen molar-refractivity contribution in [2.45, 2.75) is 31.3 Å². The van der Waals surface area contributed by atoms with E-state index in [1.807, 2.05) is 17.0 Å². The van der Waals surface area contributed by atoms with Gasteiger partial charge in [0.05, 0.1) is 5.69 Å². The Morgan fingerprint density at radius 1 is 1.06 bits per heavy atom. The van der Waals surface area contributed by atoms with Gasteiger partial charge < -0.3 is 4.90 Å². The summed E-state index contributed by atoms with van der Waals surface area (Å²) >= 11 is 0. The zero-order valence-corrected chi connectivity index (χ0v) is 17.7. The minimum absolute atomic E-state index is 0.0136. The van der Waals surface area contributed by atoms with Gasteiger partial charge in [-0.1, -0.05) is 30.3 Å². The molecule has 2 fully saturated rings. The van der Waals surface area contributed by atoms with Crippen molar-refractivity contribution in [2.24, 2.45) is 7.05 Å². The first kappa shape index (κ1) is 19.9. The van der Waals surface area contributed by atoms with Crippen LogP contribution in [0.25, 0.3) is 11.3 Å². The maximum atomic E-state index is 13.6. The predicted molar refractivity (Wildman–Crippen MR) is 118 cm³/mol. The molecule has 2 aromatic carbocycles. The van der Waals surface area contributed by atoms with E-state index in [2.05, 4.69) is 34.3 Å². The van der Waals surface area contributed by atoms with Crippen LogP contribution in [0.15, 0.2) is 60.7 Å². The molecule has 5 rings (SSSR count). The average molecular weight is 419 g/mol. The van der Waals surface area contributed by atoms with Crippen LogP contribution in [-0.4, -0.2) is 57.2 Å². The molecule has 0 spiro atoms. The maximum absolute atomic E-state index is 13.6. The van der Waals surface area contributed by atoms with E-state index in [4.69, 9.17) is 0 Å². The smallest absolute Gasteiger partial charge is 0.272 e. The monoisotopic (exact) mass is 418 g/mol. The number of hydrogen-bond acceptors (Lipinski definition) is 3. The summed E-state index contributed by atoms with van der Waals surface area (Å²) in [5.74, 6) is -0.270. The van der Waals surface area contributed by atoms with Crippen molar-refractivity contribution >= 4 is 5.91 Å². The third-order valence-electron chi connectivity index (χ3n) is 6.39. The van der Waals surface area contributed by atoms with Crippen LogP contribution in [0.5, 0.6) is 0 Å². The number of benzene rings is 2. The van der Waals surface area contributed by atoms with Gasteiger partial charge in [-0.05, 0) is 55.2 Å². The number of halogens is 1. The van der Waals surface area contributed by atoms with Crippen molar-refractivity contribution in [3.8, 4) is 11.3 Å². The molecule has 31 heavy (non-hydrogen) atoms. The largest absolute Gasteiger partial charge is 0.331 e. The molecule has 3 aromatic rings. The molecule has 1 aliphatic heterocycles. The number of carbonyl (C=O) groups excluding carboxylic acids is 1. The summed E-state index contributed by atoms with van der Waals surface area (Å²) in [5, 5.41) is 4.52. The van der Waals surface area contributed by atoms with Gasteiger partial charge in [-0.15, -0.1) is 0 Å². The number of aryl methyl sites for hydroxylation is 1. The fourth-order valence-electron chi connectivity index (χ4n) is 4.56. The molecule has 1 saturated carbocycles. The van der Waals surface area contributed by atoms with Gasteiger partial charge in [-0.25, -0.2) is 4.39 Å². The summed E-state index contributed by atoms with van der Waals surface area (Å²) in [6.07, 6.45) is 3.39. The highest BCUT2D eigenvalue weighted by Crippen LogP contribution is 2.30. The van der Waals surface area contributed by atoms with Crippen LogP contribution in [0, 0.1) is 5.82 Å². The second-order valence-corrected chi connectivity index (χ2v) is 8.61. The van der Waals surface area contributed by atoms with Gasteiger partial charge >= 0.3 is 0 Å². The lowest BCUT2D eigenvalue weighted by Crippen LogP contribution is -2.56. The first-order valence-corrected chi connectivity index (χ1v) is 11.0. The summed E-state index contributed by atoms with van der Waals surface area (Å²) in [6, 6.07) is 19.3. The zero-order valence-electron chi connectivity index (χ0n) is 17.7. The Labute approximate surface area is 182 Å². The number of amides is 1. The second-order valence-electron chi connectivity index (χ2n) is 8.61. The maximum Gasteiger partial charge on any atom is 0.272 e. The molecule has 0 radical (unpaired) electrons. The van der Waals surface area contributed by atoms with Crippen LogP contribution in [0.2, 0.25) is 0 Å². The number of rotatable bonds is 5. The van der Waals surface area contributed by atoms with Gasteiger partial charge in [0.2, 0.25) is 0 Å². The van der Waals surface area contributed by atoms with E-state index >= 15 is 0 Å². The number of hydrogen-bond donors (Lipinski definition) is 0. The van der Waals surface area contributed by atoms with Crippen molar-refractivity contribution in [2.75, 3.05) is 19.6 Å². The standard InChI is InChI=1S/C25H27FN4O/c1-28-24(16-23(27-28)19-7-9-20(26)10-8-19)25(31)30-14-13-29(21-11-12-21)17-22(30)15-18-5-3-2-4-6-18/h2-10,16,21-22H,11-15,17H2,1H3. The Hall–Kier alpha value is -2.99. The van der Waals surface area contributed by atoms with Gasteiger partial charge in [0.25, 0.3) is 5.91 Å². The first-order valence-electron chi connectivity index (χ1n) is 11.0. The number of nitrogens with zero attached hydrogens (tertiary/aromatic N) is 4. The molecule has 1 aliphatic carbocycles. The van der Waals surface area contributed by atoms with E-state index in [-0.39, 0.29) is 17.8 Å². The summed E-state index contributed by atoms with van der Waals surface area (Å²) in [4.78, 5) is 18.2. The lowest BCUT2D eigenvalue weighted by molar-refractivity contribution is 0.0427. The quantitative estimate of drug-likeness (QED) is 0.634. The molecule has 0 bridgehead atoms. The highest BCUT2D eigenvalue weighted by molar-refractivity contribution is 5.94. The van der Waals surface area contributed by atoms with Crippen molar-refractivity contribution in [1.29, 1.82) is 0 Å². The number of carbonyl (C=O) groups is 1. The molecule has 2 heterocycles. The Balaban J connectivity index is 1.40. The molecule has 1 atom stereocenters. The van der Waals surface area contributed by atoms with Crippen molar-refractivity contribution in [3.63, 3.8) is 0 Å². The van der Waals surface area contributed by atoms with Crippen molar-refractivity contribution < 1.29 is 9.18 Å². The summed E-state index contributed by atoms with van der Waals surface area (Å²) in [6.45, 7) is 2.56. The highest BCUT2D eigenvalue weighted by Gasteiger charge is 2.38. The molecule has 5 nitrogen and oxygen atoms in total. The third-order valence-corrected chi connectivity index (χ3v) is 6.39. The van der Waals surface area contributed by atoms with Crippen molar-refractivity contribution in [1.82, 2.24) is 19.6 Å². The minimum Gasteiger partial charge on any atom is -0.331 e. The van der Waals surface area contributed by atoms with E-state index in [1.165, 1.54) is 30.5 Å². The van der Waals surface area contributed by atoms with E-state index in [1.54, 1.807) is 23.9 Å². The summed E-state index contributed by atoms with van der Waals surface area (Å²) in [7, 11) is 1.80. The molecular formula is C25H27FN4O. The van der Waals surface area contributed by atoms with Crippen LogP contribution in [0.4, 0.5) is 4.39 Å². The molecule has 2 aliphatic rings. The summed E-state index contributed by atoms with van der Waals surface area (Å²) in [5.41, 5.74) is 3.30. The zero-order chi connectivity index (χ0) is 21.4. The van der Waals surface area contributed by atoms with Crippen LogP contribution >= 0.6 is 0 Å². The lowest BCUT2D eigenvalue weighted by atomic mass is 10.0. The first-order chi connectivity index (χ1) is 15.1. The third kappa shape index (κ3) is 4.26. The number of aromatic nitrogens is 2. The predicted octanol–water partition coefficient (Wildman–Crippen LogP) is 3.76. The van der Waals surface area contributed by atoms with Crippen LogP contribution in [0.3, 0.4) is 0 Å². The fourth-order valence-corrected chi connectivity index (χ4v) is 4.56. The summed E-state index contributed by atoms with van der Waals surface area (Å²) < 4.78 is 14.9. The molecule has 1 unspecified atom stereocenters.